The van der Waals surface area contributed by atoms with Crippen LogP contribution in [0.1, 0.15) is 48.0 Å². The zero-order chi connectivity index (χ0) is 23.5. The third-order valence-electron chi connectivity index (χ3n) is 5.60. The van der Waals surface area contributed by atoms with Gasteiger partial charge in [0.05, 0.1) is 24.0 Å². The van der Waals surface area contributed by atoms with E-state index < -0.39 is 11.7 Å². The van der Waals surface area contributed by atoms with Crippen molar-refractivity contribution in [3.63, 3.8) is 0 Å². The van der Waals surface area contributed by atoms with Crippen LogP contribution >= 0.6 is 0 Å². The predicted octanol–water partition coefficient (Wildman–Crippen LogP) is 4.42. The predicted molar refractivity (Wildman–Crippen MR) is 121 cm³/mol. The van der Waals surface area contributed by atoms with Gasteiger partial charge >= 0.3 is 0 Å². The van der Waals surface area contributed by atoms with Gasteiger partial charge in [-0.05, 0) is 56.9 Å². The molecule has 1 atom stereocenters. The van der Waals surface area contributed by atoms with Crippen LogP contribution in [0.2, 0.25) is 0 Å². The maximum Gasteiger partial charge on any atom is 0.248 e. The maximum absolute atomic E-state index is 14.8. The van der Waals surface area contributed by atoms with E-state index in [9.17, 15) is 14.4 Å². The lowest BCUT2D eigenvalue weighted by atomic mass is 10.1. The number of carbonyl (C=O) groups excluding carboxylic acids is 1. The number of halogens is 1. The van der Waals surface area contributed by atoms with Gasteiger partial charge in [-0.15, -0.1) is 0 Å². The van der Waals surface area contributed by atoms with Crippen molar-refractivity contribution in [2.24, 2.45) is 0 Å². The van der Waals surface area contributed by atoms with Crippen molar-refractivity contribution in [1.29, 1.82) is 5.26 Å². The molecular weight excluding hydrogens is 425 g/mol. The first-order chi connectivity index (χ1) is 15.9. The summed E-state index contributed by atoms with van der Waals surface area (Å²) in [5.41, 5.74) is 2.93. The summed E-state index contributed by atoms with van der Waals surface area (Å²) in [6.07, 6.45) is 5.08. The highest BCUT2D eigenvalue weighted by atomic mass is 19.1. The normalized spacial score (nSPS) is 16.2. The average Bonchev–Trinajstić information content (AvgIpc) is 3.17. The van der Waals surface area contributed by atoms with Gasteiger partial charge in [0.2, 0.25) is 11.8 Å². The number of nitriles is 1. The van der Waals surface area contributed by atoms with Crippen molar-refractivity contribution in [2.45, 2.75) is 39.3 Å². The monoisotopic (exact) mass is 449 g/mol. The van der Waals surface area contributed by atoms with E-state index in [-0.39, 0.29) is 17.5 Å². The second-order valence-corrected chi connectivity index (χ2v) is 7.88. The lowest BCUT2D eigenvalue weighted by Crippen LogP contribution is -2.19. The van der Waals surface area contributed by atoms with Gasteiger partial charge in [-0.1, -0.05) is 0 Å². The summed E-state index contributed by atoms with van der Waals surface area (Å²) in [7, 11) is 1.53. The molecule has 3 aromatic rings. The van der Waals surface area contributed by atoms with Gasteiger partial charge < -0.3 is 14.8 Å². The molecule has 0 bridgehead atoms. The molecule has 1 amide bonds. The highest BCUT2D eigenvalue weighted by Crippen LogP contribution is 2.30. The Hall–Kier alpha value is -3.77. The fourth-order valence-corrected chi connectivity index (χ4v) is 3.94. The number of aryl methyl sites for hydroxylation is 2. The van der Waals surface area contributed by atoms with Crippen molar-refractivity contribution in [1.82, 2.24) is 14.8 Å². The fraction of sp³-hybridized carbons (Fsp3) is 0.333. The molecule has 170 valence electrons. The van der Waals surface area contributed by atoms with Crippen LogP contribution in [0, 0.1) is 31.0 Å². The van der Waals surface area contributed by atoms with E-state index in [2.05, 4.69) is 15.4 Å². The molecule has 3 heterocycles. The summed E-state index contributed by atoms with van der Waals surface area (Å²) in [6, 6.07) is 6.61. The van der Waals surface area contributed by atoms with Gasteiger partial charge in [-0.25, -0.2) is 14.1 Å². The van der Waals surface area contributed by atoms with Crippen LogP contribution in [0.4, 0.5) is 10.1 Å². The van der Waals surface area contributed by atoms with Crippen LogP contribution in [0.15, 0.2) is 24.3 Å². The third kappa shape index (κ3) is 4.56. The average molecular weight is 449 g/mol. The van der Waals surface area contributed by atoms with Crippen LogP contribution < -0.4 is 10.1 Å². The third-order valence-corrected chi connectivity index (χ3v) is 5.60. The molecule has 0 saturated carbocycles. The first-order valence-electron chi connectivity index (χ1n) is 10.7. The molecule has 1 aliphatic rings. The molecule has 1 N–H and O–H groups in total. The lowest BCUT2D eigenvalue weighted by Gasteiger charge is -2.23. The molecule has 9 heteroatoms. The van der Waals surface area contributed by atoms with Crippen molar-refractivity contribution in [3.05, 3.63) is 52.6 Å². The largest absolute Gasteiger partial charge is 0.481 e. The molecule has 2 aromatic heterocycles. The number of hydrogen-bond acceptors (Lipinski definition) is 6. The van der Waals surface area contributed by atoms with Gasteiger partial charge in [0, 0.05) is 29.7 Å². The molecule has 0 radical (unpaired) electrons. The minimum Gasteiger partial charge on any atom is -0.481 e. The Balaban J connectivity index is 1.62. The quantitative estimate of drug-likeness (QED) is 0.579. The van der Waals surface area contributed by atoms with Crippen LogP contribution in [0.3, 0.4) is 0 Å². The highest BCUT2D eigenvalue weighted by molar-refractivity contribution is 6.03. The van der Waals surface area contributed by atoms with Crippen LogP contribution in [0.5, 0.6) is 5.88 Å². The molecule has 1 fully saturated rings. The Morgan fingerprint density at radius 3 is 2.85 bits per heavy atom. The van der Waals surface area contributed by atoms with Crippen LogP contribution in [0.25, 0.3) is 17.0 Å². The highest BCUT2D eigenvalue weighted by Gasteiger charge is 2.22. The number of benzene rings is 1. The Morgan fingerprint density at radius 1 is 1.36 bits per heavy atom. The number of carbonyl (C=O) groups is 1. The van der Waals surface area contributed by atoms with E-state index in [0.29, 0.717) is 34.8 Å². The number of nitrogens with zero attached hydrogens (tertiary/aromatic N) is 4. The maximum atomic E-state index is 14.8. The Bertz CT molecular complexity index is 1260. The summed E-state index contributed by atoms with van der Waals surface area (Å²) in [5, 5.41) is 17.0. The molecule has 1 aromatic carbocycles. The Morgan fingerprint density at radius 2 is 2.18 bits per heavy atom. The molecule has 1 aliphatic heterocycles. The minimum atomic E-state index is -0.550. The summed E-state index contributed by atoms with van der Waals surface area (Å²) in [5.74, 6) is -0.510. The van der Waals surface area contributed by atoms with Crippen molar-refractivity contribution in [3.8, 4) is 11.9 Å². The van der Waals surface area contributed by atoms with Crippen LogP contribution in [-0.2, 0) is 9.53 Å². The molecule has 1 saturated heterocycles. The van der Waals surface area contributed by atoms with E-state index in [0.717, 1.165) is 24.8 Å². The molecule has 33 heavy (non-hydrogen) atoms. The summed E-state index contributed by atoms with van der Waals surface area (Å²) in [4.78, 5) is 16.8. The zero-order valence-electron chi connectivity index (χ0n) is 18.7. The number of amides is 1. The van der Waals surface area contributed by atoms with E-state index in [1.165, 1.54) is 25.3 Å². The number of hydrogen-bond donors (Lipinski definition) is 1. The van der Waals surface area contributed by atoms with Gasteiger partial charge in [0.25, 0.3) is 0 Å². The van der Waals surface area contributed by atoms with Crippen molar-refractivity contribution in [2.75, 3.05) is 19.0 Å². The molecule has 0 aliphatic carbocycles. The van der Waals surface area contributed by atoms with Gasteiger partial charge in [-0.2, -0.15) is 10.4 Å². The molecule has 4 rings (SSSR count). The summed E-state index contributed by atoms with van der Waals surface area (Å²) < 4.78 is 27.4. The molecule has 8 nitrogen and oxygen atoms in total. The first kappa shape index (κ1) is 22.4. The van der Waals surface area contributed by atoms with Crippen molar-refractivity contribution >= 4 is 28.6 Å². The number of anilines is 1. The standard InChI is InChI=1S/C24H24FN5O3/c1-14-10-22(32-3)27-15(2)24(14)28-21(31)8-7-16-11-20-17(12-18(16)25)19(13-26)29-30(20)23-6-4-5-9-33-23/h7-8,10-12,23H,4-6,9H2,1-3H3,(H,28,31)/b8-7+. The zero-order valence-corrected chi connectivity index (χ0v) is 18.7. The van der Waals surface area contributed by atoms with Gasteiger partial charge in [0.15, 0.2) is 11.9 Å². The molecule has 1 unspecified atom stereocenters. The fourth-order valence-electron chi connectivity index (χ4n) is 3.94. The number of aromatic nitrogens is 3. The van der Waals surface area contributed by atoms with E-state index in [1.54, 1.807) is 23.7 Å². The number of ether oxygens (including phenoxy) is 2. The Labute approximate surface area is 190 Å². The first-order valence-corrected chi connectivity index (χ1v) is 10.7. The van der Waals surface area contributed by atoms with E-state index in [1.807, 2.05) is 13.0 Å². The number of methoxy groups -OCH3 is 1. The smallest absolute Gasteiger partial charge is 0.248 e. The summed E-state index contributed by atoms with van der Waals surface area (Å²) in [6.45, 7) is 4.22. The van der Waals surface area contributed by atoms with Crippen LogP contribution in [-0.4, -0.2) is 34.4 Å². The van der Waals surface area contributed by atoms with Gasteiger partial charge in [0.1, 0.15) is 11.9 Å². The lowest BCUT2D eigenvalue weighted by molar-refractivity contribution is -0.111. The number of nitrogens with one attached hydrogen (secondary N) is 1. The number of rotatable bonds is 5. The molecule has 0 spiro atoms. The minimum absolute atomic E-state index is 0.143. The Kier molecular flexibility index (Phi) is 6.38. The number of pyridine rings is 1. The number of fused-ring (bicyclic) bond motifs is 1. The van der Waals surface area contributed by atoms with E-state index in [4.69, 9.17) is 9.47 Å². The SMILES string of the molecule is COc1cc(C)c(NC(=O)/C=C/c2cc3c(cc2F)c(C#N)nn3C2CCCCO2)c(C)n1. The molecular formula is C24H24FN5O3. The van der Waals surface area contributed by atoms with Gasteiger partial charge in [-0.3, -0.25) is 4.79 Å². The van der Waals surface area contributed by atoms with Crippen molar-refractivity contribution < 1.29 is 18.7 Å². The second-order valence-electron chi connectivity index (χ2n) is 7.88. The second kappa shape index (κ2) is 9.38. The van der Waals surface area contributed by atoms with E-state index >= 15 is 0 Å². The topological polar surface area (TPSA) is 102 Å². The summed E-state index contributed by atoms with van der Waals surface area (Å²) >= 11 is 0.